The highest BCUT2D eigenvalue weighted by atomic mass is 16.2. The van der Waals surface area contributed by atoms with Crippen molar-refractivity contribution in [2.45, 2.75) is 39.4 Å². The van der Waals surface area contributed by atoms with Crippen LogP contribution in [0, 0.1) is 5.92 Å². The summed E-state index contributed by atoms with van der Waals surface area (Å²) in [5, 5.41) is 7.02. The molecule has 1 aliphatic heterocycles. The fourth-order valence-corrected chi connectivity index (χ4v) is 3.00. The van der Waals surface area contributed by atoms with Crippen molar-refractivity contribution < 1.29 is 9.59 Å². The molecule has 0 bridgehead atoms. The number of amides is 2. The molecule has 2 heterocycles. The molecule has 0 spiro atoms. The van der Waals surface area contributed by atoms with E-state index in [2.05, 4.69) is 15.4 Å². The lowest BCUT2D eigenvalue weighted by Crippen LogP contribution is -2.35. The second-order valence-electron chi connectivity index (χ2n) is 6.67. The first-order chi connectivity index (χ1) is 12.0. The van der Waals surface area contributed by atoms with Crippen molar-refractivity contribution in [1.29, 1.82) is 0 Å². The van der Waals surface area contributed by atoms with Crippen molar-refractivity contribution in [2.24, 2.45) is 5.92 Å². The number of benzene rings is 1. The van der Waals surface area contributed by atoms with Gasteiger partial charge in [0.05, 0.1) is 12.5 Å². The summed E-state index contributed by atoms with van der Waals surface area (Å²) >= 11 is 0. The summed E-state index contributed by atoms with van der Waals surface area (Å²) in [6.07, 6.45) is 3.50. The Morgan fingerprint density at radius 3 is 2.60 bits per heavy atom. The molecule has 1 fully saturated rings. The predicted molar refractivity (Wildman–Crippen MR) is 92.4 cm³/mol. The van der Waals surface area contributed by atoms with Gasteiger partial charge in [-0.3, -0.25) is 9.59 Å². The van der Waals surface area contributed by atoms with Gasteiger partial charge in [-0.15, -0.1) is 0 Å². The summed E-state index contributed by atoms with van der Waals surface area (Å²) in [7, 11) is 0. The Balaban J connectivity index is 1.50. The highest BCUT2D eigenvalue weighted by molar-refractivity contribution is 5.89. The van der Waals surface area contributed by atoms with E-state index in [-0.39, 0.29) is 23.8 Å². The van der Waals surface area contributed by atoms with Gasteiger partial charge >= 0.3 is 0 Å². The summed E-state index contributed by atoms with van der Waals surface area (Å²) in [6, 6.07) is 8.16. The van der Waals surface area contributed by atoms with E-state index >= 15 is 0 Å². The monoisotopic (exact) mass is 341 g/mol. The smallest absolute Gasteiger partial charge is 0.225 e. The lowest BCUT2D eigenvalue weighted by molar-refractivity contribution is -0.129. The van der Waals surface area contributed by atoms with Crippen molar-refractivity contribution in [3.8, 4) is 0 Å². The Morgan fingerprint density at radius 2 is 2.00 bits per heavy atom. The second-order valence-corrected chi connectivity index (χ2v) is 6.67. The molecule has 7 nitrogen and oxygen atoms in total. The third kappa shape index (κ3) is 4.23. The Bertz CT molecular complexity index is 724. The van der Waals surface area contributed by atoms with Gasteiger partial charge < -0.3 is 10.2 Å². The summed E-state index contributed by atoms with van der Waals surface area (Å²) in [5.74, 6) is -0.239. The van der Waals surface area contributed by atoms with E-state index in [0.29, 0.717) is 26.1 Å². The second kappa shape index (κ2) is 7.46. The fraction of sp³-hybridized carbons (Fsp3) is 0.444. The minimum Gasteiger partial charge on any atom is -0.352 e. The number of nitrogens with zero attached hydrogens (tertiary/aromatic N) is 4. The number of hydrogen-bond acceptors (Lipinski definition) is 4. The standard InChI is InChI=1S/C18H23N5O2/c1-13(2)23-10-16(7-17(23)24)18(25)20-8-14-3-5-15(6-4-14)9-22-12-19-11-21-22/h3-6,11-13,16H,7-10H2,1-2H3,(H,20,25)/t16-/m0/s1. The topological polar surface area (TPSA) is 80.1 Å². The Morgan fingerprint density at radius 1 is 1.28 bits per heavy atom. The maximum atomic E-state index is 12.3. The van der Waals surface area contributed by atoms with Gasteiger partial charge in [-0.1, -0.05) is 24.3 Å². The first kappa shape index (κ1) is 17.1. The molecule has 1 atom stereocenters. The average molecular weight is 341 g/mol. The van der Waals surface area contributed by atoms with Crippen molar-refractivity contribution in [1.82, 2.24) is 25.0 Å². The van der Waals surface area contributed by atoms with Crippen LogP contribution in [0.15, 0.2) is 36.9 Å². The van der Waals surface area contributed by atoms with Gasteiger partial charge in [-0.05, 0) is 25.0 Å². The third-order valence-electron chi connectivity index (χ3n) is 4.45. The average Bonchev–Trinajstić information content (AvgIpc) is 3.23. The van der Waals surface area contributed by atoms with Crippen molar-refractivity contribution in [2.75, 3.05) is 6.54 Å². The number of carbonyl (C=O) groups excluding carboxylic acids is 2. The zero-order chi connectivity index (χ0) is 17.8. The molecule has 1 saturated heterocycles. The first-order valence-corrected chi connectivity index (χ1v) is 8.50. The van der Waals surface area contributed by atoms with Crippen molar-refractivity contribution in [3.05, 3.63) is 48.0 Å². The summed E-state index contributed by atoms with van der Waals surface area (Å²) in [4.78, 5) is 29.9. The van der Waals surface area contributed by atoms with Crippen LogP contribution >= 0.6 is 0 Å². The lowest BCUT2D eigenvalue weighted by Gasteiger charge is -2.20. The van der Waals surface area contributed by atoms with Gasteiger partial charge in [0.15, 0.2) is 0 Å². The quantitative estimate of drug-likeness (QED) is 0.856. The molecule has 2 amide bonds. The molecule has 0 radical (unpaired) electrons. The van der Waals surface area contributed by atoms with Crippen molar-refractivity contribution in [3.63, 3.8) is 0 Å². The molecular formula is C18H23N5O2. The van der Waals surface area contributed by atoms with Crippen LogP contribution in [0.5, 0.6) is 0 Å². The van der Waals surface area contributed by atoms with Gasteiger partial charge in [-0.2, -0.15) is 5.10 Å². The SMILES string of the molecule is CC(C)N1C[C@@H](C(=O)NCc2ccc(Cn3cncn3)cc2)CC1=O. The number of rotatable bonds is 6. The molecule has 132 valence electrons. The predicted octanol–water partition coefficient (Wildman–Crippen LogP) is 1.20. The van der Waals surface area contributed by atoms with Crippen LogP contribution in [0.1, 0.15) is 31.4 Å². The molecule has 0 unspecified atom stereocenters. The molecule has 25 heavy (non-hydrogen) atoms. The number of likely N-dealkylation sites (tertiary alicyclic amines) is 1. The molecule has 0 aliphatic carbocycles. The van der Waals surface area contributed by atoms with Crippen LogP contribution in [-0.2, 0) is 22.7 Å². The van der Waals surface area contributed by atoms with E-state index in [1.165, 1.54) is 6.33 Å². The molecule has 1 aliphatic rings. The third-order valence-corrected chi connectivity index (χ3v) is 4.45. The summed E-state index contributed by atoms with van der Waals surface area (Å²) in [6.45, 7) is 5.59. The molecule has 1 aromatic carbocycles. The largest absolute Gasteiger partial charge is 0.352 e. The molecule has 1 N–H and O–H groups in total. The van der Waals surface area contributed by atoms with Gasteiger partial charge in [0.25, 0.3) is 0 Å². The zero-order valence-electron chi connectivity index (χ0n) is 14.6. The first-order valence-electron chi connectivity index (χ1n) is 8.50. The molecular weight excluding hydrogens is 318 g/mol. The van der Waals surface area contributed by atoms with E-state index in [1.807, 2.05) is 38.1 Å². The van der Waals surface area contributed by atoms with E-state index in [9.17, 15) is 9.59 Å². The minimum absolute atomic E-state index is 0.0526. The van der Waals surface area contributed by atoms with Crippen LogP contribution in [0.2, 0.25) is 0 Å². The molecule has 0 saturated carbocycles. The Kier molecular flexibility index (Phi) is 5.11. The maximum absolute atomic E-state index is 12.3. The normalized spacial score (nSPS) is 17.3. The maximum Gasteiger partial charge on any atom is 0.225 e. The van der Waals surface area contributed by atoms with Crippen LogP contribution in [-0.4, -0.2) is 44.1 Å². The van der Waals surface area contributed by atoms with Gasteiger partial charge in [0, 0.05) is 25.6 Å². The molecule has 1 aromatic heterocycles. The van der Waals surface area contributed by atoms with Gasteiger partial charge in [0.2, 0.25) is 11.8 Å². The molecule has 7 heteroatoms. The van der Waals surface area contributed by atoms with Gasteiger partial charge in [-0.25, -0.2) is 9.67 Å². The number of hydrogen-bond donors (Lipinski definition) is 1. The summed E-state index contributed by atoms with van der Waals surface area (Å²) in [5.41, 5.74) is 2.15. The Hall–Kier alpha value is -2.70. The number of carbonyl (C=O) groups is 2. The van der Waals surface area contributed by atoms with Crippen LogP contribution in [0.25, 0.3) is 0 Å². The number of aromatic nitrogens is 3. The molecule has 2 aromatic rings. The van der Waals surface area contributed by atoms with E-state index in [4.69, 9.17) is 0 Å². The highest BCUT2D eigenvalue weighted by Gasteiger charge is 2.35. The van der Waals surface area contributed by atoms with Crippen LogP contribution in [0.3, 0.4) is 0 Å². The van der Waals surface area contributed by atoms with Crippen molar-refractivity contribution >= 4 is 11.8 Å². The molecule has 3 rings (SSSR count). The van der Waals surface area contributed by atoms with E-state index in [1.54, 1.807) is 15.9 Å². The van der Waals surface area contributed by atoms with Gasteiger partial charge in [0.1, 0.15) is 12.7 Å². The summed E-state index contributed by atoms with van der Waals surface area (Å²) < 4.78 is 1.76. The van der Waals surface area contributed by atoms with Crippen LogP contribution in [0.4, 0.5) is 0 Å². The lowest BCUT2D eigenvalue weighted by atomic mass is 10.1. The number of nitrogens with one attached hydrogen (secondary N) is 1. The Labute approximate surface area is 147 Å². The van der Waals surface area contributed by atoms with E-state index < -0.39 is 0 Å². The zero-order valence-corrected chi connectivity index (χ0v) is 14.6. The minimum atomic E-state index is -0.249. The van der Waals surface area contributed by atoms with E-state index in [0.717, 1.165) is 11.1 Å². The highest BCUT2D eigenvalue weighted by Crippen LogP contribution is 2.20. The fourth-order valence-electron chi connectivity index (χ4n) is 3.00. The van der Waals surface area contributed by atoms with Crippen LogP contribution < -0.4 is 5.32 Å².